The van der Waals surface area contributed by atoms with Crippen LogP contribution in [0.25, 0.3) is 10.2 Å². The molecule has 0 radical (unpaired) electrons. The molecule has 0 atom stereocenters. The maximum absolute atomic E-state index is 4.42. The van der Waals surface area contributed by atoms with E-state index in [1.165, 1.54) is 16.0 Å². The molecule has 0 fully saturated rings. The van der Waals surface area contributed by atoms with Crippen LogP contribution in [0, 0.1) is 0 Å². The van der Waals surface area contributed by atoms with Crippen molar-refractivity contribution in [3.8, 4) is 0 Å². The number of fused-ring (bicyclic) bond motifs is 5. The molecule has 4 heterocycles. The van der Waals surface area contributed by atoms with Crippen molar-refractivity contribution in [2.45, 2.75) is 0 Å². The number of aromatic nitrogens is 1. The Labute approximate surface area is 102 Å². The lowest BCUT2D eigenvalue weighted by Gasteiger charge is -2.18. The van der Waals surface area contributed by atoms with Gasteiger partial charge in [0.25, 0.3) is 0 Å². The van der Waals surface area contributed by atoms with Gasteiger partial charge in [0.2, 0.25) is 0 Å². The summed E-state index contributed by atoms with van der Waals surface area (Å²) in [5, 5.41) is 1.22. The average Bonchev–Trinajstić information content (AvgIpc) is 2.90. The molecule has 0 aliphatic carbocycles. The van der Waals surface area contributed by atoms with Gasteiger partial charge >= 0.3 is 0 Å². The molecule has 4 heteroatoms. The first-order chi connectivity index (χ1) is 8.43. The molecule has 17 heavy (non-hydrogen) atoms. The van der Waals surface area contributed by atoms with Crippen molar-refractivity contribution in [1.29, 1.82) is 0 Å². The van der Waals surface area contributed by atoms with Crippen LogP contribution in [-0.2, 0) is 0 Å². The summed E-state index contributed by atoms with van der Waals surface area (Å²) in [5.74, 6) is 0. The second kappa shape index (κ2) is 3.28. The van der Waals surface area contributed by atoms with Gasteiger partial charge in [0, 0.05) is 24.3 Å². The van der Waals surface area contributed by atoms with Gasteiger partial charge in [0.15, 0.2) is 0 Å². The van der Waals surface area contributed by atoms with Gasteiger partial charge in [0.1, 0.15) is 4.83 Å². The van der Waals surface area contributed by atoms with Gasteiger partial charge in [0.05, 0.1) is 22.5 Å². The minimum Gasteiger partial charge on any atom is -0.335 e. The van der Waals surface area contributed by atoms with Crippen molar-refractivity contribution in [2.75, 3.05) is 11.4 Å². The monoisotopic (exact) mass is 239 g/mol. The Morgan fingerprint density at radius 1 is 1.35 bits per heavy atom. The third kappa shape index (κ3) is 1.21. The van der Waals surface area contributed by atoms with Crippen LogP contribution in [0.2, 0.25) is 0 Å². The molecule has 0 spiro atoms. The standard InChI is InChI=1S/C13H9N3S/c1-4-10-12-11(17-13(10)15-5-1)8-14-7-9-3-2-6-16(9)12/h1-5,7-8H,6H2. The van der Waals surface area contributed by atoms with Gasteiger partial charge in [-0.1, -0.05) is 6.08 Å². The molecule has 82 valence electrons. The molecule has 2 aliphatic heterocycles. The van der Waals surface area contributed by atoms with E-state index >= 15 is 0 Å². The van der Waals surface area contributed by atoms with E-state index < -0.39 is 0 Å². The molecule has 0 aromatic carbocycles. The Balaban J connectivity index is 2.07. The fourth-order valence-electron chi connectivity index (χ4n) is 2.29. The van der Waals surface area contributed by atoms with E-state index in [-0.39, 0.29) is 0 Å². The zero-order valence-electron chi connectivity index (χ0n) is 9.00. The summed E-state index contributed by atoms with van der Waals surface area (Å²) in [6.45, 7) is 0.920. The van der Waals surface area contributed by atoms with Gasteiger partial charge in [-0.05, 0) is 18.2 Å². The van der Waals surface area contributed by atoms with E-state index in [2.05, 4.69) is 33.1 Å². The van der Waals surface area contributed by atoms with Crippen LogP contribution in [0.4, 0.5) is 5.69 Å². The molecule has 0 amide bonds. The normalized spacial score (nSPS) is 16.9. The van der Waals surface area contributed by atoms with E-state index in [0.717, 1.165) is 17.1 Å². The summed E-state index contributed by atoms with van der Waals surface area (Å²) >= 11 is 1.70. The molecular formula is C13H9N3S. The van der Waals surface area contributed by atoms with Gasteiger partial charge in [-0.15, -0.1) is 11.3 Å². The molecule has 0 saturated heterocycles. The first-order valence-electron chi connectivity index (χ1n) is 5.48. The van der Waals surface area contributed by atoms with Crippen molar-refractivity contribution in [3.63, 3.8) is 0 Å². The number of thiophene rings is 1. The van der Waals surface area contributed by atoms with Crippen LogP contribution in [0.3, 0.4) is 0 Å². The van der Waals surface area contributed by atoms with Crippen molar-refractivity contribution in [2.24, 2.45) is 4.99 Å². The van der Waals surface area contributed by atoms with E-state index in [1.54, 1.807) is 11.3 Å². The lowest BCUT2D eigenvalue weighted by atomic mass is 10.2. The Kier molecular flexibility index (Phi) is 1.76. The van der Waals surface area contributed by atoms with E-state index in [4.69, 9.17) is 0 Å². The van der Waals surface area contributed by atoms with E-state index in [0.29, 0.717) is 0 Å². The lowest BCUT2D eigenvalue weighted by Crippen LogP contribution is -2.16. The van der Waals surface area contributed by atoms with E-state index in [1.807, 2.05) is 24.7 Å². The molecule has 2 aliphatic rings. The first kappa shape index (κ1) is 9.13. The average molecular weight is 239 g/mol. The first-order valence-corrected chi connectivity index (χ1v) is 6.30. The Bertz CT molecular complexity index is 694. The second-order valence-electron chi connectivity index (χ2n) is 4.02. The van der Waals surface area contributed by atoms with Crippen LogP contribution in [-0.4, -0.2) is 17.7 Å². The number of rotatable bonds is 0. The smallest absolute Gasteiger partial charge is 0.126 e. The molecular weight excluding hydrogens is 230 g/mol. The molecule has 0 unspecified atom stereocenters. The highest BCUT2D eigenvalue weighted by Crippen LogP contribution is 2.40. The van der Waals surface area contributed by atoms with Crippen LogP contribution in [0.1, 0.15) is 4.88 Å². The SMILES string of the molecule is C1=CC2=CN=Cc3sc4ncccc4c3N2C1. The van der Waals surface area contributed by atoms with Crippen LogP contribution in [0.5, 0.6) is 0 Å². The van der Waals surface area contributed by atoms with Crippen molar-refractivity contribution >= 4 is 33.5 Å². The summed E-state index contributed by atoms with van der Waals surface area (Å²) in [4.78, 5) is 13.3. The number of allylic oxidation sites excluding steroid dienone is 1. The Hall–Kier alpha value is -1.94. The Morgan fingerprint density at radius 3 is 3.35 bits per heavy atom. The number of pyridine rings is 1. The zero-order valence-corrected chi connectivity index (χ0v) is 9.81. The molecule has 2 aromatic heterocycles. The summed E-state index contributed by atoms with van der Waals surface area (Å²) in [6, 6.07) is 4.12. The molecule has 3 nitrogen and oxygen atoms in total. The highest BCUT2D eigenvalue weighted by molar-refractivity contribution is 7.21. The van der Waals surface area contributed by atoms with Crippen LogP contribution < -0.4 is 4.90 Å². The van der Waals surface area contributed by atoms with Gasteiger partial charge < -0.3 is 4.90 Å². The number of anilines is 1. The summed E-state index contributed by atoms with van der Waals surface area (Å²) in [5.41, 5.74) is 2.40. The second-order valence-corrected chi connectivity index (χ2v) is 5.05. The largest absolute Gasteiger partial charge is 0.335 e. The molecule has 2 aromatic rings. The fourth-order valence-corrected chi connectivity index (χ4v) is 3.32. The number of hydrogen-bond acceptors (Lipinski definition) is 4. The lowest BCUT2D eigenvalue weighted by molar-refractivity contribution is 1.10. The summed E-state index contributed by atoms with van der Waals surface area (Å²) in [6.07, 6.45) is 9.97. The maximum atomic E-state index is 4.42. The predicted molar refractivity (Wildman–Crippen MR) is 71.8 cm³/mol. The zero-order chi connectivity index (χ0) is 11.2. The van der Waals surface area contributed by atoms with Crippen LogP contribution in [0.15, 0.2) is 47.4 Å². The van der Waals surface area contributed by atoms with Gasteiger partial charge in [-0.25, -0.2) is 4.98 Å². The van der Waals surface area contributed by atoms with Crippen LogP contribution >= 0.6 is 11.3 Å². The highest BCUT2D eigenvalue weighted by atomic mass is 32.1. The summed E-state index contributed by atoms with van der Waals surface area (Å²) < 4.78 is 0. The molecule has 4 rings (SSSR count). The van der Waals surface area contributed by atoms with Crippen molar-refractivity contribution < 1.29 is 0 Å². The third-order valence-electron chi connectivity index (χ3n) is 3.02. The third-order valence-corrected chi connectivity index (χ3v) is 4.06. The van der Waals surface area contributed by atoms with Crippen molar-refractivity contribution in [1.82, 2.24) is 4.98 Å². The molecule has 0 saturated carbocycles. The number of nitrogens with zero attached hydrogens (tertiary/aromatic N) is 3. The summed E-state index contributed by atoms with van der Waals surface area (Å²) in [7, 11) is 0. The van der Waals surface area contributed by atoms with Gasteiger partial charge in [-0.2, -0.15) is 0 Å². The number of hydrogen-bond donors (Lipinski definition) is 0. The molecule has 0 bridgehead atoms. The topological polar surface area (TPSA) is 28.5 Å². The quantitative estimate of drug-likeness (QED) is 0.707. The number of aliphatic imine (C=N–C) groups is 1. The maximum Gasteiger partial charge on any atom is 0.126 e. The van der Waals surface area contributed by atoms with Gasteiger partial charge in [-0.3, -0.25) is 4.99 Å². The minimum atomic E-state index is 0.920. The van der Waals surface area contributed by atoms with Crippen molar-refractivity contribution in [3.05, 3.63) is 47.3 Å². The molecule has 0 N–H and O–H groups in total. The fraction of sp³-hybridized carbons (Fsp3) is 0.0769. The van der Waals surface area contributed by atoms with E-state index in [9.17, 15) is 0 Å². The highest BCUT2D eigenvalue weighted by Gasteiger charge is 2.23. The Morgan fingerprint density at radius 2 is 2.35 bits per heavy atom. The predicted octanol–water partition coefficient (Wildman–Crippen LogP) is 2.95. The minimum absolute atomic E-state index is 0.920.